The van der Waals surface area contributed by atoms with Crippen molar-refractivity contribution < 1.29 is 4.74 Å². The topological polar surface area (TPSA) is 35.2 Å². The van der Waals surface area contributed by atoms with Crippen LogP contribution in [0.2, 0.25) is 0 Å². The Hall–Kier alpha value is -0.150. The maximum Gasteiger partial charge on any atom is 0.0750 e. The predicted octanol–water partition coefficient (Wildman–Crippen LogP) is 1.87. The normalized spacial score (nSPS) is 11.5. The summed E-state index contributed by atoms with van der Waals surface area (Å²) in [5.41, 5.74) is 5.28. The van der Waals surface area contributed by atoms with Crippen LogP contribution in [-0.4, -0.2) is 17.2 Å². The van der Waals surface area contributed by atoms with Gasteiger partial charge in [0, 0.05) is 6.42 Å². The maximum absolute atomic E-state index is 5.52. The molecule has 2 nitrogen and oxygen atoms in total. The van der Waals surface area contributed by atoms with E-state index in [0.717, 1.165) is 6.42 Å². The molecule has 66 valence electrons. The van der Waals surface area contributed by atoms with Gasteiger partial charge in [-0.1, -0.05) is 19.1 Å². The summed E-state index contributed by atoms with van der Waals surface area (Å²) >= 11 is 4.72. The Balaban J connectivity index is 3.45. The molecule has 11 heavy (non-hydrogen) atoms. The number of rotatable bonds is 5. The van der Waals surface area contributed by atoms with Gasteiger partial charge in [-0.3, -0.25) is 0 Å². The van der Waals surface area contributed by atoms with Gasteiger partial charge in [0.05, 0.1) is 17.2 Å². The lowest BCUT2D eigenvalue weighted by molar-refractivity contribution is -0.0160. The van der Waals surface area contributed by atoms with E-state index in [1.54, 1.807) is 0 Å². The summed E-state index contributed by atoms with van der Waals surface area (Å²) < 4.78 is 5.52. The first-order chi connectivity index (χ1) is 4.98. The molecule has 0 saturated heterocycles. The first-order valence-corrected chi connectivity index (χ1v) is 4.31. The summed E-state index contributed by atoms with van der Waals surface area (Å²) in [5.74, 6) is 0. The highest BCUT2D eigenvalue weighted by molar-refractivity contribution is 7.80. The van der Waals surface area contributed by atoms with Crippen LogP contribution >= 0.6 is 12.2 Å². The first-order valence-electron chi connectivity index (χ1n) is 3.90. The van der Waals surface area contributed by atoms with E-state index >= 15 is 0 Å². The number of hydrogen-bond acceptors (Lipinski definition) is 2. The van der Waals surface area contributed by atoms with Crippen molar-refractivity contribution in [3.05, 3.63) is 0 Å². The van der Waals surface area contributed by atoms with Crippen molar-refractivity contribution in [2.75, 3.05) is 6.61 Å². The number of ether oxygens (including phenoxy) is 1. The van der Waals surface area contributed by atoms with E-state index in [4.69, 9.17) is 22.7 Å². The highest BCUT2D eigenvalue weighted by atomic mass is 32.1. The molecule has 0 aromatic heterocycles. The van der Waals surface area contributed by atoms with Gasteiger partial charge in [-0.2, -0.15) is 0 Å². The standard InChI is InChI=1S/C8H17NOS/c1-4-8(2,3)10-6-5-7(9)11/h4-6H2,1-3H3,(H2,9,11). The zero-order valence-electron chi connectivity index (χ0n) is 7.52. The third-order valence-electron chi connectivity index (χ3n) is 1.69. The van der Waals surface area contributed by atoms with Crippen molar-refractivity contribution in [1.29, 1.82) is 0 Å². The Morgan fingerprint density at radius 1 is 1.55 bits per heavy atom. The van der Waals surface area contributed by atoms with E-state index in [9.17, 15) is 0 Å². The number of hydrogen-bond donors (Lipinski definition) is 1. The van der Waals surface area contributed by atoms with Crippen molar-refractivity contribution in [2.45, 2.75) is 39.2 Å². The molecule has 0 rings (SSSR count). The highest BCUT2D eigenvalue weighted by Gasteiger charge is 2.14. The Bertz CT molecular complexity index is 134. The summed E-state index contributed by atoms with van der Waals surface area (Å²) in [6, 6.07) is 0. The van der Waals surface area contributed by atoms with Gasteiger partial charge in [-0.25, -0.2) is 0 Å². The molecule has 0 bridgehead atoms. The van der Waals surface area contributed by atoms with Gasteiger partial charge >= 0.3 is 0 Å². The van der Waals surface area contributed by atoms with Crippen LogP contribution in [0.4, 0.5) is 0 Å². The molecule has 0 spiro atoms. The van der Waals surface area contributed by atoms with Gasteiger partial charge in [-0.05, 0) is 20.3 Å². The fraction of sp³-hybridized carbons (Fsp3) is 0.875. The molecule has 0 saturated carbocycles. The third kappa shape index (κ3) is 6.26. The minimum Gasteiger partial charge on any atom is -0.393 e. The van der Waals surface area contributed by atoms with Crippen LogP contribution in [0.5, 0.6) is 0 Å². The van der Waals surface area contributed by atoms with Crippen LogP contribution < -0.4 is 5.73 Å². The molecule has 0 heterocycles. The van der Waals surface area contributed by atoms with E-state index in [2.05, 4.69) is 20.8 Å². The summed E-state index contributed by atoms with van der Waals surface area (Å²) in [5, 5.41) is 0. The molecule has 0 atom stereocenters. The van der Waals surface area contributed by atoms with Gasteiger partial charge in [0.1, 0.15) is 0 Å². The van der Waals surface area contributed by atoms with Gasteiger partial charge in [0.15, 0.2) is 0 Å². The van der Waals surface area contributed by atoms with Gasteiger partial charge in [0.2, 0.25) is 0 Å². The molecule has 0 amide bonds. The largest absolute Gasteiger partial charge is 0.393 e. The molecule has 0 aromatic rings. The fourth-order valence-electron chi connectivity index (χ4n) is 0.530. The van der Waals surface area contributed by atoms with Crippen LogP contribution in [0.25, 0.3) is 0 Å². The van der Waals surface area contributed by atoms with E-state index in [1.807, 2.05) is 0 Å². The van der Waals surface area contributed by atoms with E-state index in [-0.39, 0.29) is 5.60 Å². The van der Waals surface area contributed by atoms with E-state index in [1.165, 1.54) is 0 Å². The Labute approximate surface area is 74.1 Å². The second-order valence-corrected chi connectivity index (χ2v) is 3.70. The second-order valence-electron chi connectivity index (χ2n) is 3.18. The lowest BCUT2D eigenvalue weighted by Gasteiger charge is -2.23. The fourth-order valence-corrected chi connectivity index (χ4v) is 0.613. The molecule has 0 aliphatic heterocycles. The molecule has 2 N–H and O–H groups in total. The van der Waals surface area contributed by atoms with Crippen molar-refractivity contribution in [1.82, 2.24) is 0 Å². The smallest absolute Gasteiger partial charge is 0.0750 e. The predicted molar refractivity (Wildman–Crippen MR) is 51.7 cm³/mol. The Morgan fingerprint density at radius 2 is 2.09 bits per heavy atom. The molecule has 0 aliphatic carbocycles. The highest BCUT2D eigenvalue weighted by Crippen LogP contribution is 2.13. The molecule has 0 radical (unpaired) electrons. The summed E-state index contributed by atoms with van der Waals surface area (Å²) in [6.45, 7) is 6.86. The van der Waals surface area contributed by atoms with Crippen molar-refractivity contribution in [3.8, 4) is 0 Å². The van der Waals surface area contributed by atoms with Crippen LogP contribution in [0.1, 0.15) is 33.6 Å². The van der Waals surface area contributed by atoms with Crippen LogP contribution in [0.15, 0.2) is 0 Å². The summed E-state index contributed by atoms with van der Waals surface area (Å²) in [7, 11) is 0. The average molecular weight is 175 g/mol. The third-order valence-corrected chi connectivity index (χ3v) is 1.90. The quantitative estimate of drug-likeness (QED) is 0.648. The minimum absolute atomic E-state index is 0.0369. The Kier molecular flexibility index (Phi) is 4.61. The van der Waals surface area contributed by atoms with E-state index in [0.29, 0.717) is 18.0 Å². The molecule has 0 aliphatic rings. The lowest BCUT2D eigenvalue weighted by Crippen LogP contribution is -2.25. The van der Waals surface area contributed by atoms with Crippen LogP contribution in [-0.2, 0) is 4.74 Å². The van der Waals surface area contributed by atoms with Crippen LogP contribution in [0, 0.1) is 0 Å². The van der Waals surface area contributed by atoms with Gasteiger partial charge in [-0.15, -0.1) is 0 Å². The summed E-state index contributed by atoms with van der Waals surface area (Å²) in [4.78, 5) is 0.525. The SMILES string of the molecule is CCC(C)(C)OCCC(N)=S. The van der Waals surface area contributed by atoms with Crippen molar-refractivity contribution >= 4 is 17.2 Å². The van der Waals surface area contributed by atoms with E-state index < -0.39 is 0 Å². The van der Waals surface area contributed by atoms with Crippen molar-refractivity contribution in [2.24, 2.45) is 5.73 Å². The molecule has 3 heteroatoms. The Morgan fingerprint density at radius 3 is 2.45 bits per heavy atom. The van der Waals surface area contributed by atoms with Gasteiger partial charge < -0.3 is 10.5 Å². The zero-order valence-corrected chi connectivity index (χ0v) is 8.33. The molecular formula is C8H17NOS. The van der Waals surface area contributed by atoms with Gasteiger partial charge in [0.25, 0.3) is 0 Å². The second kappa shape index (κ2) is 4.67. The van der Waals surface area contributed by atoms with Crippen molar-refractivity contribution in [3.63, 3.8) is 0 Å². The number of nitrogens with two attached hydrogens (primary N) is 1. The molecule has 0 aromatic carbocycles. The number of thiocarbonyl (C=S) groups is 1. The monoisotopic (exact) mass is 175 g/mol. The first kappa shape index (κ1) is 10.8. The zero-order chi connectivity index (χ0) is 8.91. The average Bonchev–Trinajstić information content (AvgIpc) is 1.87. The molecular weight excluding hydrogens is 158 g/mol. The molecule has 0 unspecified atom stereocenters. The maximum atomic E-state index is 5.52. The van der Waals surface area contributed by atoms with Crippen LogP contribution in [0.3, 0.4) is 0 Å². The molecule has 0 fully saturated rings. The lowest BCUT2D eigenvalue weighted by atomic mass is 10.1. The summed E-state index contributed by atoms with van der Waals surface area (Å²) in [6.07, 6.45) is 1.68. The minimum atomic E-state index is -0.0369.